The molecule has 1 N–H and O–H groups in total. The summed E-state index contributed by atoms with van der Waals surface area (Å²) in [5.41, 5.74) is 3.33. The van der Waals surface area contributed by atoms with E-state index in [-0.39, 0.29) is 5.91 Å². The number of hydrogen-bond donors (Lipinski definition) is 1. The van der Waals surface area contributed by atoms with Gasteiger partial charge in [0.05, 0.1) is 5.69 Å². The molecule has 4 rings (SSSR count). The minimum Gasteiger partial charge on any atom is -0.486 e. The fraction of sp³-hybridized carbons (Fsp3) is 0.235. The first-order valence-electron chi connectivity index (χ1n) is 7.65. The highest BCUT2D eigenvalue weighted by Crippen LogP contribution is 2.32. The molecule has 0 fully saturated rings. The van der Waals surface area contributed by atoms with Gasteiger partial charge in [0.1, 0.15) is 18.9 Å². The summed E-state index contributed by atoms with van der Waals surface area (Å²) in [7, 11) is 0. The number of nitrogens with one attached hydrogen (secondary N) is 1. The second-order valence-corrected chi connectivity index (χ2v) is 5.65. The second kappa shape index (κ2) is 5.52. The second-order valence-electron chi connectivity index (χ2n) is 5.65. The third-order valence-corrected chi connectivity index (χ3v) is 3.76. The van der Waals surface area contributed by atoms with Crippen LogP contribution in [-0.4, -0.2) is 33.7 Å². The van der Waals surface area contributed by atoms with Crippen LogP contribution in [0.2, 0.25) is 0 Å². The Hall–Kier alpha value is -3.09. The summed E-state index contributed by atoms with van der Waals surface area (Å²) < 4.78 is 12.7. The summed E-state index contributed by atoms with van der Waals surface area (Å²) in [5.74, 6) is 1.03. The highest BCUT2D eigenvalue weighted by atomic mass is 16.6. The topological polar surface area (TPSA) is 77.8 Å². The molecule has 1 aromatic carbocycles. The molecule has 0 aliphatic carbocycles. The molecule has 0 saturated carbocycles. The van der Waals surface area contributed by atoms with Crippen molar-refractivity contribution in [3.8, 4) is 11.5 Å². The van der Waals surface area contributed by atoms with Gasteiger partial charge < -0.3 is 14.8 Å². The van der Waals surface area contributed by atoms with Gasteiger partial charge in [-0.1, -0.05) is 0 Å². The largest absolute Gasteiger partial charge is 0.486 e. The van der Waals surface area contributed by atoms with E-state index in [1.807, 2.05) is 19.9 Å². The van der Waals surface area contributed by atoms with Crippen molar-refractivity contribution in [1.29, 1.82) is 0 Å². The van der Waals surface area contributed by atoms with Gasteiger partial charge in [-0.2, -0.15) is 5.10 Å². The Balaban J connectivity index is 1.62. The van der Waals surface area contributed by atoms with Gasteiger partial charge in [-0.25, -0.2) is 9.50 Å². The van der Waals surface area contributed by atoms with Crippen LogP contribution >= 0.6 is 0 Å². The van der Waals surface area contributed by atoms with Gasteiger partial charge in [-0.3, -0.25) is 4.79 Å². The van der Waals surface area contributed by atoms with E-state index in [2.05, 4.69) is 15.4 Å². The van der Waals surface area contributed by atoms with E-state index >= 15 is 0 Å². The van der Waals surface area contributed by atoms with Crippen LogP contribution in [0.3, 0.4) is 0 Å². The molecule has 1 aliphatic heterocycles. The summed E-state index contributed by atoms with van der Waals surface area (Å²) in [6, 6.07) is 8.87. The third-order valence-electron chi connectivity index (χ3n) is 3.76. The monoisotopic (exact) mass is 324 g/mol. The molecule has 7 heteroatoms. The molecule has 0 spiro atoms. The van der Waals surface area contributed by atoms with E-state index in [1.54, 1.807) is 28.8 Å². The third kappa shape index (κ3) is 2.54. The van der Waals surface area contributed by atoms with Crippen LogP contribution in [0.4, 0.5) is 5.69 Å². The average molecular weight is 324 g/mol. The van der Waals surface area contributed by atoms with Gasteiger partial charge in [0, 0.05) is 23.5 Å². The zero-order chi connectivity index (χ0) is 16.7. The summed E-state index contributed by atoms with van der Waals surface area (Å²) in [5, 5.41) is 7.18. The number of aryl methyl sites for hydroxylation is 2. The number of rotatable bonds is 2. The molecular weight excluding hydrogens is 308 g/mol. The molecule has 3 aromatic rings. The summed E-state index contributed by atoms with van der Waals surface area (Å²) in [4.78, 5) is 16.9. The van der Waals surface area contributed by atoms with Crippen LogP contribution in [0.1, 0.15) is 21.9 Å². The van der Waals surface area contributed by atoms with E-state index in [0.29, 0.717) is 41.7 Å². The van der Waals surface area contributed by atoms with Gasteiger partial charge in [0.2, 0.25) is 0 Å². The summed E-state index contributed by atoms with van der Waals surface area (Å²) in [6.07, 6.45) is 0. The predicted octanol–water partition coefficient (Wildman–Crippen LogP) is 2.37. The van der Waals surface area contributed by atoms with Crippen LogP contribution in [0.25, 0.3) is 5.65 Å². The van der Waals surface area contributed by atoms with Gasteiger partial charge in [0.25, 0.3) is 5.91 Å². The van der Waals surface area contributed by atoms with Crippen molar-refractivity contribution < 1.29 is 14.3 Å². The molecule has 0 radical (unpaired) electrons. The predicted molar refractivity (Wildman–Crippen MR) is 87.8 cm³/mol. The number of ether oxygens (including phenoxy) is 2. The SMILES string of the molecule is Cc1cc2nc(C(=O)Nc3ccc4c(c3)OCCO4)cc(C)n2n1. The number of hydrogen-bond acceptors (Lipinski definition) is 5. The van der Waals surface area contributed by atoms with Crippen molar-refractivity contribution in [1.82, 2.24) is 14.6 Å². The first kappa shape index (κ1) is 14.5. The van der Waals surface area contributed by atoms with Gasteiger partial charge >= 0.3 is 0 Å². The van der Waals surface area contributed by atoms with Gasteiger partial charge in [-0.15, -0.1) is 0 Å². The van der Waals surface area contributed by atoms with Crippen molar-refractivity contribution in [2.75, 3.05) is 18.5 Å². The normalized spacial score (nSPS) is 13.1. The number of benzene rings is 1. The van der Waals surface area contributed by atoms with Crippen molar-refractivity contribution in [2.24, 2.45) is 0 Å². The van der Waals surface area contributed by atoms with E-state index in [9.17, 15) is 4.79 Å². The minimum atomic E-state index is -0.281. The first-order chi connectivity index (χ1) is 11.6. The summed E-state index contributed by atoms with van der Waals surface area (Å²) in [6.45, 7) is 4.82. The fourth-order valence-corrected chi connectivity index (χ4v) is 2.67. The number of fused-ring (bicyclic) bond motifs is 2. The molecule has 122 valence electrons. The standard InChI is InChI=1S/C17H16N4O3/c1-10-7-16-19-13(8-11(2)21(16)20-10)17(22)18-12-3-4-14-15(9-12)24-6-5-23-14/h3-4,7-9H,5-6H2,1-2H3,(H,18,22). The van der Waals surface area contributed by atoms with Crippen molar-refractivity contribution >= 4 is 17.2 Å². The van der Waals surface area contributed by atoms with Crippen molar-refractivity contribution in [3.05, 3.63) is 47.4 Å². The molecule has 2 aromatic heterocycles. The van der Waals surface area contributed by atoms with E-state index in [0.717, 1.165) is 11.4 Å². The minimum absolute atomic E-state index is 0.281. The highest BCUT2D eigenvalue weighted by Gasteiger charge is 2.15. The fourth-order valence-electron chi connectivity index (χ4n) is 2.67. The quantitative estimate of drug-likeness (QED) is 0.783. The Labute approximate surface area is 138 Å². The zero-order valence-corrected chi connectivity index (χ0v) is 13.4. The van der Waals surface area contributed by atoms with Crippen LogP contribution in [0.15, 0.2) is 30.3 Å². The summed E-state index contributed by atoms with van der Waals surface area (Å²) >= 11 is 0. The Bertz CT molecular complexity index is 948. The molecule has 1 aliphatic rings. The Morgan fingerprint density at radius 2 is 1.92 bits per heavy atom. The Morgan fingerprint density at radius 1 is 1.12 bits per heavy atom. The number of nitrogens with zero attached hydrogens (tertiary/aromatic N) is 3. The van der Waals surface area contributed by atoms with Crippen molar-refractivity contribution in [3.63, 3.8) is 0 Å². The smallest absolute Gasteiger partial charge is 0.274 e. The highest BCUT2D eigenvalue weighted by molar-refractivity contribution is 6.03. The molecule has 1 amide bonds. The zero-order valence-electron chi connectivity index (χ0n) is 13.4. The van der Waals surface area contributed by atoms with Crippen LogP contribution in [0, 0.1) is 13.8 Å². The first-order valence-corrected chi connectivity index (χ1v) is 7.65. The maximum absolute atomic E-state index is 12.5. The van der Waals surface area contributed by atoms with E-state index in [4.69, 9.17) is 9.47 Å². The molecule has 7 nitrogen and oxygen atoms in total. The molecule has 3 heterocycles. The number of amides is 1. The molecule has 0 unspecified atom stereocenters. The average Bonchev–Trinajstić information content (AvgIpc) is 2.95. The lowest BCUT2D eigenvalue weighted by atomic mass is 10.2. The number of anilines is 1. The molecule has 0 saturated heterocycles. The number of aromatic nitrogens is 3. The number of carbonyl (C=O) groups excluding carboxylic acids is 1. The van der Waals surface area contributed by atoms with Crippen LogP contribution < -0.4 is 14.8 Å². The van der Waals surface area contributed by atoms with Crippen LogP contribution in [-0.2, 0) is 0 Å². The lowest BCUT2D eigenvalue weighted by Gasteiger charge is -2.19. The molecule has 0 atom stereocenters. The Kier molecular flexibility index (Phi) is 3.34. The van der Waals surface area contributed by atoms with Crippen LogP contribution in [0.5, 0.6) is 11.5 Å². The van der Waals surface area contributed by atoms with Gasteiger partial charge in [-0.05, 0) is 32.0 Å². The molecular formula is C17H16N4O3. The van der Waals surface area contributed by atoms with Crippen molar-refractivity contribution in [2.45, 2.75) is 13.8 Å². The maximum atomic E-state index is 12.5. The maximum Gasteiger partial charge on any atom is 0.274 e. The van der Waals surface area contributed by atoms with Gasteiger partial charge in [0.15, 0.2) is 17.1 Å². The van der Waals surface area contributed by atoms with E-state index < -0.39 is 0 Å². The lowest BCUT2D eigenvalue weighted by Crippen LogP contribution is -2.17. The number of carbonyl (C=O) groups is 1. The Morgan fingerprint density at radius 3 is 2.75 bits per heavy atom. The molecule has 24 heavy (non-hydrogen) atoms. The lowest BCUT2D eigenvalue weighted by molar-refractivity contribution is 0.102. The molecule has 0 bridgehead atoms. The van der Waals surface area contributed by atoms with E-state index in [1.165, 1.54) is 0 Å².